The highest BCUT2D eigenvalue weighted by Crippen LogP contribution is 2.64. The summed E-state index contributed by atoms with van der Waals surface area (Å²) in [5.74, 6) is 1.64. The highest BCUT2D eigenvalue weighted by atomic mass is 16.5. The Bertz CT molecular complexity index is 3330. The van der Waals surface area contributed by atoms with E-state index in [-0.39, 0.29) is 0 Å². The molecule has 0 fully saturated rings. The molecule has 2 aliphatic rings. The molecule has 0 atom stereocenters. The van der Waals surface area contributed by atoms with Crippen LogP contribution in [-0.2, 0) is 5.41 Å². The van der Waals surface area contributed by atoms with Gasteiger partial charge in [-0.05, 0) is 189 Å². The summed E-state index contributed by atoms with van der Waals surface area (Å²) >= 11 is 0. The lowest BCUT2D eigenvalue weighted by atomic mass is 9.69. The van der Waals surface area contributed by atoms with Gasteiger partial charge in [0.05, 0.1) is 19.6 Å². The van der Waals surface area contributed by atoms with Gasteiger partial charge in [0.1, 0.15) is 11.5 Å². The van der Waals surface area contributed by atoms with Gasteiger partial charge in [-0.3, -0.25) is 0 Å². The van der Waals surface area contributed by atoms with Gasteiger partial charge in [-0.2, -0.15) is 0 Å². The first kappa shape index (κ1) is 38.6. The zero-order chi connectivity index (χ0) is 43.8. The molecule has 0 aromatic heterocycles. The lowest BCUT2D eigenvalue weighted by molar-refractivity contribution is 0.415. The van der Waals surface area contributed by atoms with Gasteiger partial charge in [-0.15, -0.1) is 0 Å². The molecule has 0 N–H and O–H groups in total. The van der Waals surface area contributed by atoms with Gasteiger partial charge in [-0.25, -0.2) is 0 Å². The summed E-state index contributed by atoms with van der Waals surface area (Å²) in [6, 6.07) is 76.0. The van der Waals surface area contributed by atoms with Crippen LogP contribution in [0.3, 0.4) is 0 Å². The van der Waals surface area contributed by atoms with Crippen molar-refractivity contribution in [2.24, 2.45) is 0 Å². The maximum atomic E-state index is 5.56. The van der Waals surface area contributed by atoms with Crippen molar-refractivity contribution in [3.05, 3.63) is 240 Å². The van der Waals surface area contributed by atoms with E-state index in [9.17, 15) is 0 Å². The predicted molar refractivity (Wildman–Crippen MR) is 270 cm³/mol. The van der Waals surface area contributed by atoms with E-state index in [1.165, 1.54) is 77.2 Å². The minimum Gasteiger partial charge on any atom is -0.497 e. The second kappa shape index (κ2) is 15.0. The zero-order valence-electron chi connectivity index (χ0n) is 36.8. The van der Waals surface area contributed by atoms with Crippen LogP contribution in [0.2, 0.25) is 0 Å². The molecule has 10 aromatic carbocycles. The van der Waals surface area contributed by atoms with E-state index in [0.29, 0.717) is 0 Å². The molecule has 0 aliphatic heterocycles. The van der Waals surface area contributed by atoms with Crippen LogP contribution in [0.5, 0.6) is 11.5 Å². The number of benzene rings is 10. The van der Waals surface area contributed by atoms with Crippen LogP contribution in [0.25, 0.3) is 43.8 Å². The Kier molecular flexibility index (Phi) is 8.92. The molecular formula is C61H46N2O2. The first-order chi connectivity index (χ1) is 31.9. The Labute approximate surface area is 380 Å². The number of fused-ring (bicyclic) bond motifs is 13. The first-order valence-electron chi connectivity index (χ1n) is 22.3. The largest absolute Gasteiger partial charge is 0.497 e. The summed E-state index contributed by atoms with van der Waals surface area (Å²) in [6.07, 6.45) is 0. The summed E-state index contributed by atoms with van der Waals surface area (Å²) in [5.41, 5.74) is 18.9. The number of hydrogen-bond donors (Lipinski definition) is 0. The molecule has 0 unspecified atom stereocenters. The Morgan fingerprint density at radius 3 is 1.31 bits per heavy atom. The molecule has 4 heteroatoms. The lowest BCUT2D eigenvalue weighted by Gasteiger charge is -2.32. The predicted octanol–water partition coefficient (Wildman–Crippen LogP) is 15.9. The van der Waals surface area contributed by atoms with Crippen molar-refractivity contribution >= 4 is 55.7 Å². The molecule has 65 heavy (non-hydrogen) atoms. The molecule has 0 saturated carbocycles. The summed E-state index contributed by atoms with van der Waals surface area (Å²) in [4.78, 5) is 4.68. The number of ether oxygens (including phenoxy) is 2. The standard InChI is InChI=1S/C61H46N2O2/c1-39-13-19-44(20-14-39)62(45-21-15-40(2)16-22-45)48-23-17-41-37-56-55-33-18-42-35-49(63(46-24-29-50(64-3)30-25-46)47-26-31-51(65-4)32-27-47)28-34-52(42)60(55)61(59(56)38-43(41)36-48)57-11-7-5-9-53(57)54-10-6-8-12-58(54)61/h5-38H,1-4H3. The minimum absolute atomic E-state index is 0.539. The second-order valence-corrected chi connectivity index (χ2v) is 17.4. The Morgan fingerprint density at radius 2 is 0.785 bits per heavy atom. The number of anilines is 6. The van der Waals surface area contributed by atoms with Crippen LogP contribution in [-0.4, -0.2) is 14.2 Å². The molecule has 10 aromatic rings. The Morgan fingerprint density at radius 1 is 0.338 bits per heavy atom. The quantitative estimate of drug-likeness (QED) is 0.152. The van der Waals surface area contributed by atoms with Crippen LogP contribution in [0.1, 0.15) is 33.4 Å². The molecule has 0 radical (unpaired) electrons. The number of methoxy groups -OCH3 is 2. The molecule has 2 aliphatic carbocycles. The molecular weight excluding hydrogens is 793 g/mol. The average Bonchev–Trinajstić information content (AvgIpc) is 3.81. The number of nitrogens with zero attached hydrogens (tertiary/aromatic N) is 2. The van der Waals surface area contributed by atoms with Gasteiger partial charge in [0.2, 0.25) is 0 Å². The second-order valence-electron chi connectivity index (χ2n) is 17.4. The van der Waals surface area contributed by atoms with Gasteiger partial charge in [0, 0.05) is 34.1 Å². The molecule has 12 rings (SSSR count). The molecule has 0 heterocycles. The number of rotatable bonds is 8. The maximum Gasteiger partial charge on any atom is 0.119 e. The number of hydrogen-bond acceptors (Lipinski definition) is 4. The highest BCUT2D eigenvalue weighted by molar-refractivity contribution is 6.07. The van der Waals surface area contributed by atoms with Crippen LogP contribution in [0.15, 0.2) is 206 Å². The van der Waals surface area contributed by atoms with E-state index in [4.69, 9.17) is 9.47 Å². The van der Waals surface area contributed by atoms with Gasteiger partial charge >= 0.3 is 0 Å². The van der Waals surface area contributed by atoms with Crippen molar-refractivity contribution in [3.8, 4) is 33.8 Å². The molecule has 4 nitrogen and oxygen atoms in total. The van der Waals surface area contributed by atoms with Crippen LogP contribution in [0.4, 0.5) is 34.1 Å². The fourth-order valence-electron chi connectivity index (χ4n) is 10.7. The topological polar surface area (TPSA) is 24.9 Å². The minimum atomic E-state index is -0.539. The van der Waals surface area contributed by atoms with Gasteiger partial charge < -0.3 is 19.3 Å². The molecule has 0 bridgehead atoms. The molecule has 312 valence electrons. The van der Waals surface area contributed by atoms with Crippen molar-refractivity contribution in [3.63, 3.8) is 0 Å². The lowest BCUT2D eigenvalue weighted by Crippen LogP contribution is -2.26. The van der Waals surface area contributed by atoms with Crippen molar-refractivity contribution in [1.29, 1.82) is 0 Å². The fourth-order valence-corrected chi connectivity index (χ4v) is 10.7. The monoisotopic (exact) mass is 838 g/mol. The highest BCUT2D eigenvalue weighted by Gasteiger charge is 2.52. The smallest absolute Gasteiger partial charge is 0.119 e. The van der Waals surface area contributed by atoms with E-state index in [1.54, 1.807) is 14.2 Å². The Hall–Kier alpha value is -8.08. The average molecular weight is 839 g/mol. The number of aryl methyl sites for hydroxylation is 2. The maximum absolute atomic E-state index is 5.56. The van der Waals surface area contributed by atoms with Crippen molar-refractivity contribution in [1.82, 2.24) is 0 Å². The van der Waals surface area contributed by atoms with Gasteiger partial charge in [0.15, 0.2) is 0 Å². The van der Waals surface area contributed by atoms with Crippen molar-refractivity contribution < 1.29 is 9.47 Å². The normalized spacial score (nSPS) is 12.7. The molecule has 0 amide bonds. The van der Waals surface area contributed by atoms with Crippen molar-refractivity contribution in [2.75, 3.05) is 24.0 Å². The van der Waals surface area contributed by atoms with E-state index in [1.807, 2.05) is 24.3 Å². The third-order valence-corrected chi connectivity index (χ3v) is 13.7. The van der Waals surface area contributed by atoms with E-state index >= 15 is 0 Å². The summed E-state index contributed by atoms with van der Waals surface area (Å²) in [7, 11) is 3.41. The van der Waals surface area contributed by atoms with Crippen LogP contribution in [0, 0.1) is 13.8 Å². The fraction of sp³-hybridized carbons (Fsp3) is 0.0820. The van der Waals surface area contributed by atoms with Gasteiger partial charge in [-0.1, -0.05) is 108 Å². The zero-order valence-corrected chi connectivity index (χ0v) is 36.8. The molecule has 1 spiro atoms. The van der Waals surface area contributed by atoms with Crippen LogP contribution < -0.4 is 19.3 Å². The summed E-state index contributed by atoms with van der Waals surface area (Å²) in [5, 5.41) is 4.85. The van der Waals surface area contributed by atoms with E-state index in [0.717, 1.165) is 45.6 Å². The van der Waals surface area contributed by atoms with E-state index in [2.05, 4.69) is 206 Å². The SMILES string of the molecule is COc1ccc(N(c2ccc(OC)cc2)c2ccc3c4c(ccc3c2)-c2cc3ccc(N(c5ccc(C)cc5)c5ccc(C)cc5)cc3cc2C42c3ccccc3-c3ccccc32)cc1. The van der Waals surface area contributed by atoms with E-state index < -0.39 is 5.41 Å². The van der Waals surface area contributed by atoms with Crippen LogP contribution >= 0.6 is 0 Å². The third kappa shape index (κ3) is 5.98. The van der Waals surface area contributed by atoms with Gasteiger partial charge in [0.25, 0.3) is 0 Å². The molecule has 0 saturated heterocycles. The summed E-state index contributed by atoms with van der Waals surface area (Å²) < 4.78 is 11.1. The first-order valence-corrected chi connectivity index (χ1v) is 22.3. The summed E-state index contributed by atoms with van der Waals surface area (Å²) in [6.45, 7) is 4.29. The van der Waals surface area contributed by atoms with Crippen molar-refractivity contribution in [2.45, 2.75) is 19.3 Å². The third-order valence-electron chi connectivity index (χ3n) is 13.7. The Balaban J connectivity index is 1.08.